The van der Waals surface area contributed by atoms with Gasteiger partial charge in [0.2, 0.25) is 0 Å². The van der Waals surface area contributed by atoms with Crippen LogP contribution in [-0.4, -0.2) is 19.7 Å². The molecular formula is C19H21ClN2O. The topological polar surface area (TPSA) is 37.5 Å². The zero-order valence-electron chi connectivity index (χ0n) is 13.0. The maximum atomic E-state index is 8.81. The Morgan fingerprint density at radius 1 is 1.09 bits per heavy atom. The number of hydrogen-bond donors (Lipinski definition) is 1. The molecule has 2 atom stereocenters. The molecule has 120 valence electrons. The van der Waals surface area contributed by atoms with E-state index in [0.717, 1.165) is 19.6 Å². The lowest BCUT2D eigenvalue weighted by Gasteiger charge is -2.28. The van der Waals surface area contributed by atoms with Crippen LogP contribution in [0.3, 0.4) is 0 Å². The molecule has 0 aromatic heterocycles. The van der Waals surface area contributed by atoms with Gasteiger partial charge in [0.25, 0.3) is 0 Å². The smallest absolute Gasteiger partial charge is 0.108 e. The molecule has 3 rings (SSSR count). The minimum absolute atomic E-state index is 0. The maximum Gasteiger partial charge on any atom is 0.108 e. The van der Waals surface area contributed by atoms with Gasteiger partial charge < -0.3 is 22.0 Å². The van der Waals surface area contributed by atoms with Crippen molar-refractivity contribution in [3.8, 4) is 6.07 Å². The number of nitrogens with one attached hydrogen (secondary N) is 1. The van der Waals surface area contributed by atoms with Gasteiger partial charge >= 0.3 is 0 Å². The van der Waals surface area contributed by atoms with Gasteiger partial charge in [0.1, 0.15) is 19.2 Å². The van der Waals surface area contributed by atoms with Crippen LogP contribution in [0.2, 0.25) is 0 Å². The standard InChI is InChI=1S/C19H20N2O.ClH/c20-11-6-12-21-13-14-22-19(16-7-2-1-3-8-16)18-10-5-4-9-17(18)15-21;/h1-5,7-10,19H,6,12-15H2;1H. The Hall–Kier alpha value is -1.86. The molecular weight excluding hydrogens is 308 g/mol. The quantitative estimate of drug-likeness (QED) is 0.794. The third-order valence-corrected chi connectivity index (χ3v) is 4.21. The van der Waals surface area contributed by atoms with Crippen LogP contribution < -0.4 is 17.3 Å². The zero-order valence-corrected chi connectivity index (χ0v) is 13.8. The number of fused-ring (bicyclic) bond motifs is 1. The normalized spacial score (nSPS) is 20.3. The van der Waals surface area contributed by atoms with E-state index in [2.05, 4.69) is 54.6 Å². The summed E-state index contributed by atoms with van der Waals surface area (Å²) in [6, 6.07) is 21.2. The van der Waals surface area contributed by atoms with Crippen LogP contribution in [0.5, 0.6) is 0 Å². The first-order chi connectivity index (χ1) is 10.9. The number of nitriles is 1. The molecule has 3 nitrogen and oxygen atoms in total. The van der Waals surface area contributed by atoms with Gasteiger partial charge in [-0.1, -0.05) is 54.6 Å². The molecule has 0 radical (unpaired) electrons. The zero-order chi connectivity index (χ0) is 15.2. The molecule has 0 saturated heterocycles. The Kier molecular flexibility index (Phi) is 6.61. The summed E-state index contributed by atoms with van der Waals surface area (Å²) in [6.45, 7) is 3.50. The van der Waals surface area contributed by atoms with E-state index < -0.39 is 0 Å². The van der Waals surface area contributed by atoms with E-state index in [9.17, 15) is 0 Å². The first-order valence-electron chi connectivity index (χ1n) is 7.83. The molecule has 0 aliphatic carbocycles. The SMILES string of the molecule is N#CCC[NH+]1CCOC(c2ccccc2)c2ccccc2C1.[Cl-]. The molecule has 1 aliphatic heterocycles. The van der Waals surface area contributed by atoms with Crippen molar-refractivity contribution in [1.29, 1.82) is 5.26 Å². The summed E-state index contributed by atoms with van der Waals surface area (Å²) in [7, 11) is 0. The van der Waals surface area contributed by atoms with Crippen molar-refractivity contribution < 1.29 is 22.0 Å². The minimum Gasteiger partial charge on any atom is -1.00 e. The molecule has 1 N–H and O–H groups in total. The van der Waals surface area contributed by atoms with E-state index in [1.54, 1.807) is 0 Å². The Morgan fingerprint density at radius 3 is 2.61 bits per heavy atom. The molecule has 1 aliphatic rings. The van der Waals surface area contributed by atoms with E-state index in [1.165, 1.54) is 21.6 Å². The summed E-state index contributed by atoms with van der Waals surface area (Å²) in [5, 5.41) is 8.81. The largest absolute Gasteiger partial charge is 1.00 e. The Bertz CT molecular complexity index is 654. The number of ether oxygens (including phenoxy) is 1. The molecule has 0 bridgehead atoms. The van der Waals surface area contributed by atoms with E-state index in [4.69, 9.17) is 10.00 Å². The van der Waals surface area contributed by atoms with Gasteiger partial charge in [0.05, 0.1) is 25.6 Å². The summed E-state index contributed by atoms with van der Waals surface area (Å²) in [5.74, 6) is 0. The first kappa shape index (κ1) is 17.5. The monoisotopic (exact) mass is 328 g/mol. The van der Waals surface area contributed by atoms with Gasteiger partial charge in [-0.25, -0.2) is 0 Å². The van der Waals surface area contributed by atoms with Crippen molar-refractivity contribution in [3.05, 3.63) is 71.3 Å². The number of rotatable bonds is 3. The van der Waals surface area contributed by atoms with E-state index in [-0.39, 0.29) is 18.5 Å². The summed E-state index contributed by atoms with van der Waals surface area (Å²) >= 11 is 0. The number of benzene rings is 2. The second-order valence-electron chi connectivity index (χ2n) is 5.70. The second-order valence-corrected chi connectivity index (χ2v) is 5.70. The molecule has 0 spiro atoms. The van der Waals surface area contributed by atoms with E-state index in [0.29, 0.717) is 13.0 Å². The predicted molar refractivity (Wildman–Crippen MR) is 85.3 cm³/mol. The van der Waals surface area contributed by atoms with Gasteiger partial charge in [-0.05, 0) is 11.1 Å². The van der Waals surface area contributed by atoms with E-state index in [1.807, 2.05) is 6.07 Å². The number of quaternary nitrogens is 1. The van der Waals surface area contributed by atoms with Crippen molar-refractivity contribution in [2.45, 2.75) is 19.1 Å². The average Bonchev–Trinajstić information content (AvgIpc) is 2.55. The molecule has 1 heterocycles. The second kappa shape index (κ2) is 8.69. The van der Waals surface area contributed by atoms with Gasteiger partial charge in [-0.15, -0.1) is 0 Å². The number of halogens is 1. The van der Waals surface area contributed by atoms with Crippen molar-refractivity contribution in [2.24, 2.45) is 0 Å². The lowest BCUT2D eigenvalue weighted by atomic mass is 9.95. The highest BCUT2D eigenvalue weighted by molar-refractivity contribution is 5.36. The summed E-state index contributed by atoms with van der Waals surface area (Å²) in [4.78, 5) is 1.42. The van der Waals surface area contributed by atoms with Crippen LogP contribution >= 0.6 is 0 Å². The lowest BCUT2D eigenvalue weighted by molar-refractivity contribution is -0.914. The van der Waals surface area contributed by atoms with Crippen molar-refractivity contribution >= 4 is 0 Å². The van der Waals surface area contributed by atoms with Crippen molar-refractivity contribution in [1.82, 2.24) is 0 Å². The van der Waals surface area contributed by atoms with Crippen LogP contribution in [0.1, 0.15) is 29.2 Å². The van der Waals surface area contributed by atoms with Crippen LogP contribution in [0.15, 0.2) is 54.6 Å². The fourth-order valence-electron chi connectivity index (χ4n) is 3.07. The summed E-state index contributed by atoms with van der Waals surface area (Å²) in [5.41, 5.74) is 3.78. The number of hydrogen-bond acceptors (Lipinski definition) is 2. The maximum absolute atomic E-state index is 8.81. The van der Waals surface area contributed by atoms with Crippen LogP contribution in [0.25, 0.3) is 0 Å². The lowest BCUT2D eigenvalue weighted by Crippen LogP contribution is -3.11. The van der Waals surface area contributed by atoms with Gasteiger partial charge in [-0.2, -0.15) is 5.26 Å². The summed E-state index contributed by atoms with van der Waals surface area (Å²) < 4.78 is 6.20. The third kappa shape index (κ3) is 4.33. The molecule has 0 saturated carbocycles. The predicted octanol–water partition coefficient (Wildman–Crippen LogP) is -0.891. The molecule has 0 amide bonds. The molecule has 2 aromatic rings. The van der Waals surface area contributed by atoms with Crippen LogP contribution in [0, 0.1) is 11.3 Å². The number of nitrogens with zero attached hydrogens (tertiary/aromatic N) is 1. The Morgan fingerprint density at radius 2 is 1.83 bits per heavy atom. The Balaban J connectivity index is 0.00000192. The molecule has 2 unspecified atom stereocenters. The Labute approximate surface area is 143 Å². The molecule has 0 fully saturated rings. The van der Waals surface area contributed by atoms with Crippen LogP contribution in [0.4, 0.5) is 0 Å². The minimum atomic E-state index is 0. The first-order valence-corrected chi connectivity index (χ1v) is 7.83. The fraction of sp³-hybridized carbons (Fsp3) is 0.316. The van der Waals surface area contributed by atoms with Crippen molar-refractivity contribution in [3.63, 3.8) is 0 Å². The van der Waals surface area contributed by atoms with Gasteiger partial charge in [0.15, 0.2) is 0 Å². The highest BCUT2D eigenvalue weighted by Crippen LogP contribution is 2.28. The van der Waals surface area contributed by atoms with Crippen molar-refractivity contribution in [2.75, 3.05) is 19.7 Å². The van der Waals surface area contributed by atoms with E-state index >= 15 is 0 Å². The molecule has 4 heteroatoms. The van der Waals surface area contributed by atoms with Gasteiger partial charge in [-0.3, -0.25) is 0 Å². The van der Waals surface area contributed by atoms with Crippen LogP contribution in [-0.2, 0) is 11.3 Å². The fourth-order valence-corrected chi connectivity index (χ4v) is 3.07. The summed E-state index contributed by atoms with van der Waals surface area (Å²) in [6.07, 6.45) is 0.606. The average molecular weight is 329 g/mol. The molecule has 2 aromatic carbocycles. The molecule has 23 heavy (non-hydrogen) atoms. The highest BCUT2D eigenvalue weighted by atomic mass is 35.5. The van der Waals surface area contributed by atoms with Gasteiger partial charge in [0, 0.05) is 5.56 Å². The third-order valence-electron chi connectivity index (χ3n) is 4.21. The highest BCUT2D eigenvalue weighted by Gasteiger charge is 2.23.